The number of hydrogen-bond donors (Lipinski definition) is 1. The summed E-state index contributed by atoms with van der Waals surface area (Å²) in [5, 5.41) is 12.1. The maximum atomic E-state index is 8.96. The molecular formula is C13H14N2O. The number of anilines is 1. The van der Waals surface area contributed by atoms with Crippen LogP contribution >= 0.6 is 0 Å². The fraction of sp³-hybridized carbons (Fsp3) is 0.308. The van der Waals surface area contributed by atoms with E-state index in [1.54, 1.807) is 25.3 Å². The Labute approximate surface area is 96.0 Å². The number of terminal acetylenes is 1. The Bertz CT molecular complexity index is 440. The maximum absolute atomic E-state index is 8.96. The third kappa shape index (κ3) is 2.68. The van der Waals surface area contributed by atoms with Crippen molar-refractivity contribution in [2.24, 2.45) is 0 Å². The highest BCUT2D eigenvalue weighted by atomic mass is 16.5. The van der Waals surface area contributed by atoms with Gasteiger partial charge in [0.1, 0.15) is 11.8 Å². The Morgan fingerprint density at radius 1 is 1.56 bits per heavy atom. The van der Waals surface area contributed by atoms with Crippen LogP contribution in [0.1, 0.15) is 18.9 Å². The molecule has 0 radical (unpaired) electrons. The minimum Gasteiger partial charge on any atom is -0.497 e. The van der Waals surface area contributed by atoms with Gasteiger partial charge in [0, 0.05) is 6.07 Å². The summed E-state index contributed by atoms with van der Waals surface area (Å²) in [6, 6.07) is 7.28. The lowest BCUT2D eigenvalue weighted by Gasteiger charge is -2.14. The molecule has 3 nitrogen and oxygen atoms in total. The first-order chi connectivity index (χ1) is 7.74. The first-order valence-corrected chi connectivity index (χ1v) is 5.06. The van der Waals surface area contributed by atoms with Crippen LogP contribution in [0.3, 0.4) is 0 Å². The quantitative estimate of drug-likeness (QED) is 0.783. The highest BCUT2D eigenvalue weighted by molar-refractivity contribution is 5.61. The summed E-state index contributed by atoms with van der Waals surface area (Å²) in [6.07, 6.45) is 6.17. The van der Waals surface area contributed by atoms with Gasteiger partial charge in [-0.05, 0) is 18.6 Å². The van der Waals surface area contributed by atoms with Crippen LogP contribution in [-0.4, -0.2) is 13.2 Å². The third-order valence-corrected chi connectivity index (χ3v) is 2.29. The monoisotopic (exact) mass is 214 g/mol. The maximum Gasteiger partial charge on any atom is 0.121 e. The summed E-state index contributed by atoms with van der Waals surface area (Å²) in [5.74, 6) is 3.33. The molecule has 0 heterocycles. The van der Waals surface area contributed by atoms with Crippen LogP contribution in [0.25, 0.3) is 0 Å². The summed E-state index contributed by atoms with van der Waals surface area (Å²) in [6.45, 7) is 1.99. The lowest BCUT2D eigenvalue weighted by atomic mass is 10.1. The Kier molecular flexibility index (Phi) is 4.24. The highest BCUT2D eigenvalue weighted by Crippen LogP contribution is 2.22. The molecule has 16 heavy (non-hydrogen) atoms. The number of hydrogen-bond acceptors (Lipinski definition) is 3. The molecule has 1 aromatic rings. The zero-order valence-corrected chi connectivity index (χ0v) is 9.45. The van der Waals surface area contributed by atoms with Crippen molar-refractivity contribution in [3.8, 4) is 24.2 Å². The normalized spacial score (nSPS) is 11.0. The molecule has 0 amide bonds. The Morgan fingerprint density at radius 3 is 2.81 bits per heavy atom. The van der Waals surface area contributed by atoms with Gasteiger partial charge in [0.15, 0.2) is 0 Å². The first-order valence-electron chi connectivity index (χ1n) is 5.06. The van der Waals surface area contributed by atoms with E-state index in [2.05, 4.69) is 17.3 Å². The van der Waals surface area contributed by atoms with Crippen molar-refractivity contribution in [3.05, 3.63) is 23.8 Å². The van der Waals surface area contributed by atoms with E-state index in [-0.39, 0.29) is 6.04 Å². The van der Waals surface area contributed by atoms with Gasteiger partial charge in [-0.25, -0.2) is 0 Å². The second kappa shape index (κ2) is 5.68. The van der Waals surface area contributed by atoms with Crippen molar-refractivity contribution in [1.82, 2.24) is 0 Å². The van der Waals surface area contributed by atoms with Crippen LogP contribution < -0.4 is 10.1 Å². The van der Waals surface area contributed by atoms with Crippen molar-refractivity contribution in [2.45, 2.75) is 19.4 Å². The zero-order valence-electron chi connectivity index (χ0n) is 9.45. The second-order valence-electron chi connectivity index (χ2n) is 3.30. The number of nitrogens with one attached hydrogen (secondary N) is 1. The van der Waals surface area contributed by atoms with E-state index in [4.69, 9.17) is 16.4 Å². The van der Waals surface area contributed by atoms with E-state index in [9.17, 15) is 0 Å². The van der Waals surface area contributed by atoms with Gasteiger partial charge in [-0.15, -0.1) is 6.42 Å². The lowest BCUT2D eigenvalue weighted by molar-refractivity contribution is 0.415. The second-order valence-corrected chi connectivity index (χ2v) is 3.30. The average molecular weight is 214 g/mol. The van der Waals surface area contributed by atoms with Crippen LogP contribution in [0, 0.1) is 23.7 Å². The molecule has 3 heteroatoms. The SMILES string of the molecule is C#CC(CC)Nc1cc(OC)ccc1C#N. The summed E-state index contributed by atoms with van der Waals surface area (Å²) in [4.78, 5) is 0. The minimum absolute atomic E-state index is 0.0702. The standard InChI is InChI=1S/C13H14N2O/c1-4-11(5-2)15-13-8-12(16-3)7-6-10(13)9-14/h1,6-8,11,15H,5H2,2-3H3. The zero-order chi connectivity index (χ0) is 12.0. The van der Waals surface area contributed by atoms with Crippen molar-refractivity contribution in [2.75, 3.05) is 12.4 Å². The van der Waals surface area contributed by atoms with Crippen LogP contribution in [-0.2, 0) is 0 Å². The van der Waals surface area contributed by atoms with Crippen molar-refractivity contribution in [1.29, 1.82) is 5.26 Å². The van der Waals surface area contributed by atoms with Crippen molar-refractivity contribution < 1.29 is 4.74 Å². The predicted molar refractivity (Wildman–Crippen MR) is 64.2 cm³/mol. The molecule has 0 spiro atoms. The van der Waals surface area contributed by atoms with Gasteiger partial charge < -0.3 is 10.1 Å². The molecule has 1 unspecified atom stereocenters. The molecule has 0 bridgehead atoms. The van der Waals surface area contributed by atoms with Gasteiger partial charge >= 0.3 is 0 Å². The summed E-state index contributed by atoms with van der Waals surface area (Å²) < 4.78 is 5.10. The largest absolute Gasteiger partial charge is 0.497 e. The molecule has 0 saturated carbocycles. The van der Waals surface area contributed by atoms with Crippen LogP contribution in [0.2, 0.25) is 0 Å². The Morgan fingerprint density at radius 2 is 2.31 bits per heavy atom. The predicted octanol–water partition coefficient (Wildman–Crippen LogP) is 2.39. The van der Waals surface area contributed by atoms with E-state index < -0.39 is 0 Å². The Hall–Kier alpha value is -2.13. The van der Waals surface area contributed by atoms with Gasteiger partial charge in [0.2, 0.25) is 0 Å². The number of methoxy groups -OCH3 is 1. The minimum atomic E-state index is -0.0702. The summed E-state index contributed by atoms with van der Waals surface area (Å²) >= 11 is 0. The molecule has 0 aromatic heterocycles. The van der Waals surface area contributed by atoms with E-state index in [0.717, 1.165) is 6.42 Å². The fourth-order valence-corrected chi connectivity index (χ4v) is 1.32. The number of nitrogens with zero attached hydrogens (tertiary/aromatic N) is 1. The molecule has 0 aliphatic rings. The fourth-order valence-electron chi connectivity index (χ4n) is 1.32. The van der Waals surface area contributed by atoms with E-state index in [1.807, 2.05) is 6.92 Å². The molecule has 1 N–H and O–H groups in total. The molecule has 1 atom stereocenters. The lowest BCUT2D eigenvalue weighted by Crippen LogP contribution is -2.16. The molecular weight excluding hydrogens is 200 g/mol. The summed E-state index contributed by atoms with van der Waals surface area (Å²) in [7, 11) is 1.59. The van der Waals surface area contributed by atoms with Gasteiger partial charge in [0.05, 0.1) is 24.4 Å². The molecule has 0 aliphatic heterocycles. The van der Waals surface area contributed by atoms with Gasteiger partial charge in [-0.1, -0.05) is 12.8 Å². The topological polar surface area (TPSA) is 45.0 Å². The first kappa shape index (κ1) is 11.9. The van der Waals surface area contributed by atoms with Gasteiger partial charge in [-0.2, -0.15) is 5.26 Å². The van der Waals surface area contributed by atoms with E-state index >= 15 is 0 Å². The average Bonchev–Trinajstić information content (AvgIpc) is 2.35. The van der Waals surface area contributed by atoms with Gasteiger partial charge in [0.25, 0.3) is 0 Å². The molecule has 1 aromatic carbocycles. The number of benzene rings is 1. The number of nitriles is 1. The molecule has 0 aliphatic carbocycles. The Balaban J connectivity index is 3.01. The van der Waals surface area contributed by atoms with E-state index in [0.29, 0.717) is 17.0 Å². The van der Waals surface area contributed by atoms with Crippen LogP contribution in [0.15, 0.2) is 18.2 Å². The summed E-state index contributed by atoms with van der Waals surface area (Å²) in [5.41, 5.74) is 1.28. The highest BCUT2D eigenvalue weighted by Gasteiger charge is 2.07. The number of ether oxygens (including phenoxy) is 1. The van der Waals surface area contributed by atoms with Crippen molar-refractivity contribution in [3.63, 3.8) is 0 Å². The van der Waals surface area contributed by atoms with Gasteiger partial charge in [-0.3, -0.25) is 0 Å². The third-order valence-electron chi connectivity index (χ3n) is 2.29. The van der Waals surface area contributed by atoms with Crippen molar-refractivity contribution >= 4 is 5.69 Å². The molecule has 1 rings (SSSR count). The molecule has 0 saturated heterocycles. The molecule has 82 valence electrons. The smallest absolute Gasteiger partial charge is 0.121 e. The van der Waals surface area contributed by atoms with E-state index in [1.165, 1.54) is 0 Å². The number of rotatable bonds is 4. The van der Waals surface area contributed by atoms with Crippen LogP contribution in [0.5, 0.6) is 5.75 Å². The molecule has 0 fully saturated rings. The van der Waals surface area contributed by atoms with Crippen LogP contribution in [0.4, 0.5) is 5.69 Å².